The average molecular weight is 303 g/mol. The quantitative estimate of drug-likeness (QED) is 0.736. The molecule has 2 aromatic rings. The van der Waals surface area contributed by atoms with Gasteiger partial charge < -0.3 is 8.84 Å². The fraction of sp³-hybridized carbons (Fsp3) is 0.471. The minimum atomic E-state index is -1.67. The average Bonchev–Trinajstić information content (AvgIpc) is 2.87. The van der Waals surface area contributed by atoms with Crippen molar-refractivity contribution in [3.63, 3.8) is 0 Å². The molecule has 0 atom stereocenters. The number of hydrogen-bond acceptors (Lipinski definition) is 3. The molecule has 0 spiro atoms. The van der Waals surface area contributed by atoms with Crippen LogP contribution in [0.1, 0.15) is 26.5 Å². The smallest absolute Gasteiger partial charge is 0.226 e. The third-order valence-electron chi connectivity index (χ3n) is 4.20. The summed E-state index contributed by atoms with van der Waals surface area (Å²) in [5, 5.41) is 0.242. The minimum Gasteiger partial charge on any atom is -0.444 e. The summed E-state index contributed by atoms with van der Waals surface area (Å²) in [6.45, 7) is 12.0. The molecule has 0 N–H and O–H groups in total. The minimum absolute atomic E-state index is 0.242. The molecule has 0 unspecified atom stereocenters. The normalized spacial score (nSPS) is 12.6. The molecule has 0 saturated heterocycles. The van der Waals surface area contributed by atoms with Crippen LogP contribution in [-0.2, 0) is 10.8 Å². The van der Waals surface area contributed by atoms with Crippen LogP contribution in [-0.4, -0.2) is 19.9 Å². The van der Waals surface area contributed by atoms with E-state index in [1.165, 1.54) is 0 Å². The van der Waals surface area contributed by atoms with Gasteiger partial charge in [0.25, 0.3) is 0 Å². The Labute approximate surface area is 128 Å². The van der Waals surface area contributed by atoms with Gasteiger partial charge in [0, 0.05) is 18.6 Å². The van der Waals surface area contributed by atoms with E-state index < -0.39 is 8.32 Å². The highest BCUT2D eigenvalue weighted by molar-refractivity contribution is 6.74. The number of rotatable bonds is 5. The van der Waals surface area contributed by atoms with E-state index in [0.717, 1.165) is 17.7 Å². The lowest BCUT2D eigenvalue weighted by Gasteiger charge is -2.36. The Balaban J connectivity index is 1.93. The molecule has 0 radical (unpaired) electrons. The monoisotopic (exact) mass is 303 g/mol. The van der Waals surface area contributed by atoms with Gasteiger partial charge in [0.1, 0.15) is 6.26 Å². The fourth-order valence-electron chi connectivity index (χ4n) is 1.76. The second kappa shape index (κ2) is 6.16. The van der Waals surface area contributed by atoms with Crippen LogP contribution in [0.15, 0.2) is 41.0 Å². The Morgan fingerprint density at radius 3 is 2.43 bits per heavy atom. The molecule has 0 fully saturated rings. The maximum absolute atomic E-state index is 6.17. The first kappa shape index (κ1) is 16.0. The summed E-state index contributed by atoms with van der Waals surface area (Å²) in [4.78, 5) is 4.53. The molecule has 0 amide bonds. The zero-order valence-corrected chi connectivity index (χ0v) is 14.6. The van der Waals surface area contributed by atoms with Crippen molar-refractivity contribution in [3.8, 4) is 11.5 Å². The molecular formula is C17H25NO2Si. The Bertz CT molecular complexity index is 570. The van der Waals surface area contributed by atoms with Gasteiger partial charge in [-0.15, -0.1) is 0 Å². The lowest BCUT2D eigenvalue weighted by atomic mass is 10.2. The van der Waals surface area contributed by atoms with E-state index in [9.17, 15) is 0 Å². The molecule has 0 saturated carbocycles. The van der Waals surface area contributed by atoms with Crippen molar-refractivity contribution in [1.29, 1.82) is 0 Å². The van der Waals surface area contributed by atoms with Gasteiger partial charge in [0.2, 0.25) is 5.89 Å². The van der Waals surface area contributed by atoms with Crippen molar-refractivity contribution < 1.29 is 8.84 Å². The van der Waals surface area contributed by atoms with Crippen LogP contribution in [0.5, 0.6) is 0 Å². The molecule has 0 aliphatic heterocycles. The third kappa shape index (κ3) is 4.05. The molecule has 0 aliphatic rings. The van der Waals surface area contributed by atoms with E-state index in [1.807, 2.05) is 30.3 Å². The number of nitrogens with zero attached hydrogens (tertiary/aromatic N) is 1. The van der Waals surface area contributed by atoms with Gasteiger partial charge in [-0.3, -0.25) is 0 Å². The van der Waals surface area contributed by atoms with Crippen LogP contribution in [0.4, 0.5) is 0 Å². The maximum atomic E-state index is 6.17. The zero-order chi connectivity index (χ0) is 15.5. The predicted octanol–water partition coefficient (Wildman–Crippen LogP) is 4.91. The Morgan fingerprint density at radius 1 is 1.14 bits per heavy atom. The molecule has 1 aromatic heterocycles. The van der Waals surface area contributed by atoms with Gasteiger partial charge in [-0.2, -0.15) is 0 Å². The van der Waals surface area contributed by atoms with Crippen molar-refractivity contribution >= 4 is 8.32 Å². The van der Waals surface area contributed by atoms with Gasteiger partial charge in [0.05, 0.1) is 5.69 Å². The van der Waals surface area contributed by atoms with Crippen molar-refractivity contribution in [1.82, 2.24) is 4.98 Å². The highest BCUT2D eigenvalue weighted by atomic mass is 28.4. The molecule has 1 aromatic carbocycles. The summed E-state index contributed by atoms with van der Waals surface area (Å²) in [7, 11) is -1.67. The Kier molecular flexibility index (Phi) is 4.69. The van der Waals surface area contributed by atoms with E-state index in [-0.39, 0.29) is 5.04 Å². The number of oxazole rings is 1. The van der Waals surface area contributed by atoms with Crippen LogP contribution < -0.4 is 0 Å². The molecule has 0 aliphatic carbocycles. The van der Waals surface area contributed by atoms with Crippen LogP contribution in [0.2, 0.25) is 18.1 Å². The highest BCUT2D eigenvalue weighted by Crippen LogP contribution is 2.36. The topological polar surface area (TPSA) is 35.3 Å². The van der Waals surface area contributed by atoms with E-state index in [2.05, 4.69) is 38.8 Å². The number of aromatic nitrogens is 1. The Morgan fingerprint density at radius 2 is 1.81 bits per heavy atom. The molecule has 21 heavy (non-hydrogen) atoms. The van der Waals surface area contributed by atoms with Crippen molar-refractivity contribution in [2.24, 2.45) is 0 Å². The summed E-state index contributed by atoms with van der Waals surface area (Å²) >= 11 is 0. The number of hydrogen-bond donors (Lipinski definition) is 0. The molecule has 2 rings (SSSR count). The largest absolute Gasteiger partial charge is 0.444 e. The lowest BCUT2D eigenvalue weighted by Crippen LogP contribution is -2.41. The van der Waals surface area contributed by atoms with Gasteiger partial charge in [-0.25, -0.2) is 4.98 Å². The fourth-order valence-corrected chi connectivity index (χ4v) is 2.81. The molecule has 0 bridgehead atoms. The summed E-state index contributed by atoms with van der Waals surface area (Å²) in [6.07, 6.45) is 2.53. The first-order valence-corrected chi connectivity index (χ1v) is 10.3. The second-order valence-electron chi connectivity index (χ2n) is 6.87. The first-order valence-electron chi connectivity index (χ1n) is 7.43. The van der Waals surface area contributed by atoms with E-state index in [4.69, 9.17) is 8.84 Å². The molecular weight excluding hydrogens is 278 g/mol. The van der Waals surface area contributed by atoms with Crippen molar-refractivity contribution in [3.05, 3.63) is 42.3 Å². The Hall–Kier alpha value is -1.39. The molecule has 4 heteroatoms. The summed E-state index contributed by atoms with van der Waals surface area (Å²) in [5.74, 6) is 0.679. The zero-order valence-electron chi connectivity index (χ0n) is 13.6. The highest BCUT2D eigenvalue weighted by Gasteiger charge is 2.36. The van der Waals surface area contributed by atoms with Crippen molar-refractivity contribution in [2.75, 3.05) is 6.61 Å². The van der Waals surface area contributed by atoms with Crippen LogP contribution in [0.25, 0.3) is 11.5 Å². The van der Waals surface area contributed by atoms with E-state index >= 15 is 0 Å². The summed E-state index contributed by atoms with van der Waals surface area (Å²) < 4.78 is 11.7. The van der Waals surface area contributed by atoms with Crippen LogP contribution in [0, 0.1) is 0 Å². The third-order valence-corrected chi connectivity index (χ3v) is 8.74. The van der Waals surface area contributed by atoms with Crippen LogP contribution >= 0.6 is 0 Å². The van der Waals surface area contributed by atoms with E-state index in [0.29, 0.717) is 12.5 Å². The van der Waals surface area contributed by atoms with Gasteiger partial charge >= 0.3 is 0 Å². The number of benzene rings is 1. The summed E-state index contributed by atoms with van der Waals surface area (Å²) in [6, 6.07) is 9.96. The maximum Gasteiger partial charge on any atom is 0.226 e. The van der Waals surface area contributed by atoms with E-state index in [1.54, 1.807) is 6.26 Å². The van der Waals surface area contributed by atoms with Gasteiger partial charge in [0.15, 0.2) is 8.32 Å². The molecule has 114 valence electrons. The standard InChI is InChI=1S/C17H25NO2Si/c1-17(2,3)21(4,5)20-12-11-15-13-19-16(18-15)14-9-7-6-8-10-14/h6-10,13H,11-12H2,1-5H3. The molecule has 3 nitrogen and oxygen atoms in total. The van der Waals surface area contributed by atoms with Gasteiger partial charge in [-0.05, 0) is 30.3 Å². The second-order valence-corrected chi connectivity index (χ2v) is 11.7. The van der Waals surface area contributed by atoms with Crippen LogP contribution in [0.3, 0.4) is 0 Å². The predicted molar refractivity (Wildman–Crippen MR) is 88.8 cm³/mol. The summed E-state index contributed by atoms with van der Waals surface area (Å²) in [5.41, 5.74) is 1.96. The first-order chi connectivity index (χ1) is 9.79. The van der Waals surface area contributed by atoms with Crippen molar-refractivity contribution in [2.45, 2.75) is 45.3 Å². The molecule has 1 heterocycles. The lowest BCUT2D eigenvalue weighted by molar-refractivity contribution is 0.290. The van der Waals surface area contributed by atoms with Gasteiger partial charge in [-0.1, -0.05) is 39.0 Å². The SMILES string of the molecule is CC(C)(C)[Si](C)(C)OCCc1coc(-c2ccccc2)n1.